The second kappa shape index (κ2) is 3.99. The van der Waals surface area contributed by atoms with E-state index >= 15 is 0 Å². The van der Waals surface area contributed by atoms with Gasteiger partial charge in [-0.05, 0) is 0 Å². The maximum atomic E-state index is 10.1. The fraction of sp³-hybridized carbons (Fsp3) is 0.500. The van der Waals surface area contributed by atoms with Gasteiger partial charge in [0, 0.05) is 0 Å². The molecule has 0 aliphatic rings. The normalized spacial score (nSPS) is 8.67. The number of carbonyl (C=O) groups excluding carboxylic acids is 2. The molecule has 0 aliphatic carbocycles. The van der Waals surface area contributed by atoms with Crippen molar-refractivity contribution in [2.75, 3.05) is 13.2 Å². The molecular formula is C4H7NO4. The number of nitrogens with two attached hydrogens (primary N) is 1. The second-order valence-corrected chi connectivity index (χ2v) is 1.21. The van der Waals surface area contributed by atoms with Gasteiger partial charge in [-0.3, -0.25) is 4.79 Å². The minimum absolute atomic E-state index is 0.355. The lowest BCUT2D eigenvalue weighted by Gasteiger charge is -1.94. The Hall–Kier alpha value is -0.940. The molecule has 0 aliphatic heterocycles. The van der Waals surface area contributed by atoms with E-state index in [4.69, 9.17) is 10.8 Å². The van der Waals surface area contributed by atoms with Crippen LogP contribution < -0.4 is 5.73 Å². The van der Waals surface area contributed by atoms with Crippen molar-refractivity contribution in [3.05, 3.63) is 0 Å². The molecule has 0 radical (unpaired) electrons. The Bertz CT molecular complexity index is 108. The third kappa shape index (κ3) is 3.63. The van der Waals surface area contributed by atoms with Crippen molar-refractivity contribution in [1.29, 1.82) is 0 Å². The maximum Gasteiger partial charge on any atom is 0.339 e. The molecule has 9 heavy (non-hydrogen) atoms. The van der Waals surface area contributed by atoms with Gasteiger partial charge in [0.05, 0.1) is 6.54 Å². The molecule has 0 rings (SSSR count). The maximum absolute atomic E-state index is 10.1. The first kappa shape index (κ1) is 8.06. The van der Waals surface area contributed by atoms with Crippen molar-refractivity contribution < 1.29 is 19.4 Å². The van der Waals surface area contributed by atoms with E-state index in [9.17, 15) is 9.59 Å². The Labute approximate surface area is 51.4 Å². The number of hydrogen-bond acceptors (Lipinski definition) is 5. The first-order valence-electron chi connectivity index (χ1n) is 2.25. The predicted octanol–water partition coefficient (Wildman–Crippen LogP) is -1.99. The monoisotopic (exact) mass is 133 g/mol. The molecular weight excluding hydrogens is 126 g/mol. The minimum Gasteiger partial charge on any atom is -0.390 e. The fourth-order valence-electron chi connectivity index (χ4n) is 0.201. The van der Waals surface area contributed by atoms with Crippen LogP contribution in [0.15, 0.2) is 0 Å². The average Bonchev–Trinajstić information content (AvgIpc) is 1.87. The van der Waals surface area contributed by atoms with Crippen LogP contribution in [0.25, 0.3) is 0 Å². The third-order valence-corrected chi connectivity index (χ3v) is 0.523. The van der Waals surface area contributed by atoms with Crippen LogP contribution in [-0.4, -0.2) is 30.2 Å². The number of rotatable bonds is 2. The van der Waals surface area contributed by atoms with Crippen LogP contribution in [0.4, 0.5) is 0 Å². The van der Waals surface area contributed by atoms with Gasteiger partial charge < -0.3 is 15.6 Å². The first-order chi connectivity index (χ1) is 4.20. The summed E-state index contributed by atoms with van der Waals surface area (Å²) in [6.45, 7) is -1.16. The average molecular weight is 133 g/mol. The summed E-state index contributed by atoms with van der Waals surface area (Å²) in [4.78, 5) is 20.1. The van der Waals surface area contributed by atoms with Crippen molar-refractivity contribution in [1.82, 2.24) is 0 Å². The molecule has 0 amide bonds. The van der Waals surface area contributed by atoms with Crippen molar-refractivity contribution in [2.45, 2.75) is 0 Å². The summed E-state index contributed by atoms with van der Waals surface area (Å²) in [6, 6.07) is 0. The molecule has 5 nitrogen and oxygen atoms in total. The van der Waals surface area contributed by atoms with Gasteiger partial charge in [-0.2, -0.15) is 0 Å². The SMILES string of the molecule is NCC(=O)OC(=O)CO. The first-order valence-corrected chi connectivity index (χ1v) is 2.25. The van der Waals surface area contributed by atoms with Gasteiger partial charge >= 0.3 is 11.9 Å². The van der Waals surface area contributed by atoms with E-state index in [1.165, 1.54) is 0 Å². The summed E-state index contributed by atoms with van der Waals surface area (Å²) >= 11 is 0. The van der Waals surface area contributed by atoms with E-state index in [1.54, 1.807) is 0 Å². The molecule has 0 bridgehead atoms. The summed E-state index contributed by atoms with van der Waals surface area (Å²) in [5.41, 5.74) is 4.77. The highest BCUT2D eigenvalue weighted by molar-refractivity contribution is 5.86. The molecule has 0 aromatic rings. The molecule has 5 heteroatoms. The van der Waals surface area contributed by atoms with Gasteiger partial charge in [-0.25, -0.2) is 4.79 Å². The van der Waals surface area contributed by atoms with Crippen LogP contribution in [0.2, 0.25) is 0 Å². The van der Waals surface area contributed by atoms with Crippen molar-refractivity contribution in [3.8, 4) is 0 Å². The number of aliphatic hydroxyl groups excluding tert-OH is 1. The van der Waals surface area contributed by atoms with Crippen molar-refractivity contribution in [2.24, 2.45) is 5.73 Å². The number of aliphatic hydroxyl groups is 1. The van der Waals surface area contributed by atoms with E-state index in [-0.39, 0.29) is 6.54 Å². The molecule has 3 N–H and O–H groups in total. The smallest absolute Gasteiger partial charge is 0.339 e. The fourth-order valence-corrected chi connectivity index (χ4v) is 0.201. The highest BCUT2D eigenvalue weighted by atomic mass is 16.6. The number of carbonyl (C=O) groups is 2. The lowest BCUT2D eigenvalue weighted by Crippen LogP contribution is -2.22. The summed E-state index contributed by atoms with van der Waals surface area (Å²) in [5.74, 6) is -1.82. The molecule has 0 unspecified atom stereocenters. The Morgan fingerprint density at radius 2 is 2.00 bits per heavy atom. The van der Waals surface area contributed by atoms with Crippen LogP contribution in [0, 0.1) is 0 Å². The molecule has 0 saturated heterocycles. The van der Waals surface area contributed by atoms with E-state index < -0.39 is 18.5 Å². The number of hydrogen-bond donors (Lipinski definition) is 2. The topological polar surface area (TPSA) is 89.6 Å². The lowest BCUT2D eigenvalue weighted by molar-refractivity contribution is -0.160. The minimum atomic E-state index is -0.981. The molecule has 0 aromatic heterocycles. The molecule has 52 valence electrons. The standard InChI is InChI=1S/C4H7NO4/c5-1-3(7)9-4(8)2-6/h6H,1-2,5H2. The summed E-state index contributed by atoms with van der Waals surface area (Å²) in [7, 11) is 0. The van der Waals surface area contributed by atoms with E-state index in [2.05, 4.69) is 4.74 Å². The molecule has 0 spiro atoms. The summed E-state index contributed by atoms with van der Waals surface area (Å²) in [5, 5.41) is 8.01. The highest BCUT2D eigenvalue weighted by Crippen LogP contribution is 1.75. The van der Waals surface area contributed by atoms with Crippen LogP contribution in [0.5, 0.6) is 0 Å². The van der Waals surface area contributed by atoms with Crippen LogP contribution >= 0.6 is 0 Å². The van der Waals surface area contributed by atoms with E-state index in [0.29, 0.717) is 0 Å². The van der Waals surface area contributed by atoms with E-state index in [1.807, 2.05) is 0 Å². The summed E-state index contributed by atoms with van der Waals surface area (Å²) < 4.78 is 3.90. The number of esters is 2. The second-order valence-electron chi connectivity index (χ2n) is 1.21. The Morgan fingerprint density at radius 3 is 2.33 bits per heavy atom. The Balaban J connectivity index is 3.47. The van der Waals surface area contributed by atoms with Gasteiger partial charge in [0.25, 0.3) is 0 Å². The van der Waals surface area contributed by atoms with Crippen LogP contribution in [0.3, 0.4) is 0 Å². The Morgan fingerprint density at radius 1 is 1.44 bits per heavy atom. The zero-order chi connectivity index (χ0) is 7.28. The van der Waals surface area contributed by atoms with Crippen LogP contribution in [0.1, 0.15) is 0 Å². The zero-order valence-electron chi connectivity index (χ0n) is 4.66. The molecule has 0 atom stereocenters. The van der Waals surface area contributed by atoms with E-state index in [0.717, 1.165) is 0 Å². The molecule has 0 fully saturated rings. The molecule has 0 saturated carbocycles. The highest BCUT2D eigenvalue weighted by Gasteiger charge is 2.04. The van der Waals surface area contributed by atoms with Gasteiger partial charge in [-0.1, -0.05) is 0 Å². The van der Waals surface area contributed by atoms with Gasteiger partial charge in [0.15, 0.2) is 0 Å². The molecule has 0 heterocycles. The predicted molar refractivity (Wildman–Crippen MR) is 27.2 cm³/mol. The van der Waals surface area contributed by atoms with Gasteiger partial charge in [0.2, 0.25) is 0 Å². The Kier molecular flexibility index (Phi) is 3.57. The van der Waals surface area contributed by atoms with Gasteiger partial charge in [0.1, 0.15) is 6.61 Å². The van der Waals surface area contributed by atoms with Crippen molar-refractivity contribution >= 4 is 11.9 Å². The lowest BCUT2D eigenvalue weighted by atomic mass is 10.6. The largest absolute Gasteiger partial charge is 0.390 e. The van der Waals surface area contributed by atoms with Gasteiger partial charge in [-0.15, -0.1) is 0 Å². The number of ether oxygens (including phenoxy) is 1. The molecule has 0 aromatic carbocycles. The zero-order valence-corrected chi connectivity index (χ0v) is 4.66. The quantitative estimate of drug-likeness (QED) is 0.336. The third-order valence-electron chi connectivity index (χ3n) is 0.523. The van der Waals surface area contributed by atoms with Crippen LogP contribution in [-0.2, 0) is 14.3 Å². The summed E-state index contributed by atoms with van der Waals surface area (Å²) in [6.07, 6.45) is 0. The van der Waals surface area contributed by atoms with Crippen molar-refractivity contribution in [3.63, 3.8) is 0 Å².